The summed E-state index contributed by atoms with van der Waals surface area (Å²) in [5.41, 5.74) is 0.487. The van der Waals surface area contributed by atoms with E-state index < -0.39 is 0 Å². The van der Waals surface area contributed by atoms with Gasteiger partial charge in [-0.2, -0.15) is 0 Å². The van der Waals surface area contributed by atoms with Gasteiger partial charge >= 0.3 is 0 Å². The molecule has 4 rings (SSSR count). The predicted octanol–water partition coefficient (Wildman–Crippen LogP) is 6.44. The monoisotopic (exact) mass is 404 g/mol. The van der Waals surface area contributed by atoms with Crippen LogP contribution in [0.25, 0.3) is 0 Å². The van der Waals surface area contributed by atoms with E-state index in [4.69, 9.17) is 0 Å². The summed E-state index contributed by atoms with van der Waals surface area (Å²) in [5, 5.41) is 21.9. The highest BCUT2D eigenvalue weighted by atomic mass is 16.3. The van der Waals surface area contributed by atoms with Crippen LogP contribution in [0.3, 0.4) is 0 Å². The second-order valence-corrected chi connectivity index (χ2v) is 12.7. The van der Waals surface area contributed by atoms with Gasteiger partial charge in [0.05, 0.1) is 12.2 Å². The molecule has 29 heavy (non-hydrogen) atoms. The average Bonchev–Trinajstić information content (AvgIpc) is 3.02. The molecule has 4 fully saturated rings. The molecule has 0 aromatic carbocycles. The lowest BCUT2D eigenvalue weighted by Gasteiger charge is -2.62. The number of aliphatic hydroxyl groups is 2. The summed E-state index contributed by atoms with van der Waals surface area (Å²) >= 11 is 0. The van der Waals surface area contributed by atoms with Gasteiger partial charge in [0.2, 0.25) is 0 Å². The van der Waals surface area contributed by atoms with Gasteiger partial charge in [-0.1, -0.05) is 53.9 Å². The third-order valence-electron chi connectivity index (χ3n) is 10.9. The maximum atomic E-state index is 11.6. The number of aliphatic hydroxyl groups excluding tert-OH is 2. The first-order valence-electron chi connectivity index (χ1n) is 13.0. The van der Waals surface area contributed by atoms with Crippen molar-refractivity contribution in [2.45, 2.75) is 117 Å². The molecule has 0 aliphatic heterocycles. The first-order valence-corrected chi connectivity index (χ1v) is 13.0. The van der Waals surface area contributed by atoms with Crippen LogP contribution in [0, 0.1) is 52.3 Å². The summed E-state index contributed by atoms with van der Waals surface area (Å²) in [6.07, 6.45) is 13.3. The fraction of sp³-hybridized carbons (Fsp3) is 1.00. The van der Waals surface area contributed by atoms with Gasteiger partial charge in [0.1, 0.15) is 0 Å². The zero-order valence-electron chi connectivity index (χ0n) is 19.9. The maximum absolute atomic E-state index is 11.6. The van der Waals surface area contributed by atoms with E-state index in [-0.39, 0.29) is 17.6 Å². The Balaban J connectivity index is 1.51. The Kier molecular flexibility index (Phi) is 6.19. The van der Waals surface area contributed by atoms with Gasteiger partial charge in [0.25, 0.3) is 0 Å². The molecule has 4 aliphatic rings. The van der Waals surface area contributed by atoms with Crippen molar-refractivity contribution in [3.05, 3.63) is 0 Å². The van der Waals surface area contributed by atoms with Crippen LogP contribution in [0.2, 0.25) is 0 Å². The number of hydrogen-bond acceptors (Lipinski definition) is 2. The molecule has 0 amide bonds. The fourth-order valence-corrected chi connectivity index (χ4v) is 9.21. The lowest BCUT2D eigenvalue weighted by atomic mass is 9.43. The Labute approximate surface area is 180 Å². The smallest absolute Gasteiger partial charge is 0.0602 e. The van der Waals surface area contributed by atoms with Crippen molar-refractivity contribution in [1.29, 1.82) is 0 Å². The molecule has 0 heterocycles. The van der Waals surface area contributed by atoms with Crippen LogP contribution < -0.4 is 0 Å². The summed E-state index contributed by atoms with van der Waals surface area (Å²) in [6.45, 7) is 12.2. The van der Waals surface area contributed by atoms with Crippen molar-refractivity contribution in [3.8, 4) is 0 Å². The van der Waals surface area contributed by atoms with E-state index >= 15 is 0 Å². The molecule has 2 nitrogen and oxygen atoms in total. The average molecular weight is 405 g/mol. The summed E-state index contributed by atoms with van der Waals surface area (Å²) in [4.78, 5) is 0. The van der Waals surface area contributed by atoms with Crippen LogP contribution in [-0.4, -0.2) is 22.4 Å². The lowest BCUT2D eigenvalue weighted by molar-refractivity contribution is -0.174. The number of fused-ring (bicyclic) bond motifs is 5. The minimum Gasteiger partial charge on any atom is -0.393 e. The Hall–Kier alpha value is -0.0800. The third-order valence-corrected chi connectivity index (χ3v) is 10.9. The first kappa shape index (κ1) is 22.1. The number of hydrogen-bond donors (Lipinski definition) is 2. The van der Waals surface area contributed by atoms with Crippen LogP contribution in [0.1, 0.15) is 105 Å². The minimum atomic E-state index is -0.128. The highest BCUT2D eigenvalue weighted by Gasteiger charge is 2.63. The highest BCUT2D eigenvalue weighted by Crippen LogP contribution is 2.68. The maximum Gasteiger partial charge on any atom is 0.0602 e. The molecule has 0 aromatic rings. The van der Waals surface area contributed by atoms with E-state index in [9.17, 15) is 10.2 Å². The summed E-state index contributed by atoms with van der Waals surface area (Å²) in [5.74, 6) is 5.14. The van der Waals surface area contributed by atoms with Crippen LogP contribution >= 0.6 is 0 Å². The highest BCUT2D eigenvalue weighted by molar-refractivity contribution is 5.12. The SMILES string of the molecule is CC(C)CCCC(C)C1CCC2C3CCC4CC(O)CCC4(C)C3CC(O)C12C. The Bertz CT molecular complexity index is 573. The Morgan fingerprint density at radius 1 is 0.862 bits per heavy atom. The molecule has 4 aliphatic carbocycles. The largest absolute Gasteiger partial charge is 0.393 e. The van der Waals surface area contributed by atoms with E-state index in [0.717, 1.165) is 42.9 Å². The molecule has 10 atom stereocenters. The van der Waals surface area contributed by atoms with E-state index in [1.807, 2.05) is 0 Å². The van der Waals surface area contributed by atoms with Gasteiger partial charge in [0, 0.05) is 0 Å². The fourth-order valence-electron chi connectivity index (χ4n) is 9.21. The van der Waals surface area contributed by atoms with Gasteiger partial charge in [-0.25, -0.2) is 0 Å². The molecule has 2 N–H and O–H groups in total. The summed E-state index contributed by atoms with van der Waals surface area (Å²) in [6, 6.07) is 0. The molecule has 0 bridgehead atoms. The predicted molar refractivity (Wildman–Crippen MR) is 120 cm³/mol. The normalized spacial score (nSPS) is 50.7. The molecule has 2 heteroatoms. The van der Waals surface area contributed by atoms with Crippen molar-refractivity contribution in [2.75, 3.05) is 0 Å². The molecule has 10 unspecified atom stereocenters. The first-order chi connectivity index (χ1) is 13.7. The van der Waals surface area contributed by atoms with Gasteiger partial charge in [-0.15, -0.1) is 0 Å². The van der Waals surface area contributed by atoms with Crippen molar-refractivity contribution >= 4 is 0 Å². The Morgan fingerprint density at radius 3 is 2.34 bits per heavy atom. The van der Waals surface area contributed by atoms with Gasteiger partial charge in [0.15, 0.2) is 0 Å². The number of rotatable bonds is 5. The molecule has 4 saturated carbocycles. The van der Waals surface area contributed by atoms with Crippen molar-refractivity contribution in [3.63, 3.8) is 0 Å². The lowest BCUT2D eigenvalue weighted by Crippen LogP contribution is -2.58. The van der Waals surface area contributed by atoms with E-state index in [2.05, 4.69) is 34.6 Å². The van der Waals surface area contributed by atoms with E-state index in [1.165, 1.54) is 51.4 Å². The molecule has 168 valence electrons. The van der Waals surface area contributed by atoms with Crippen molar-refractivity contribution < 1.29 is 10.2 Å². The zero-order valence-corrected chi connectivity index (χ0v) is 19.9. The van der Waals surface area contributed by atoms with Gasteiger partial charge < -0.3 is 10.2 Å². The quantitative estimate of drug-likeness (QED) is 0.553. The van der Waals surface area contributed by atoms with E-state index in [0.29, 0.717) is 23.2 Å². The van der Waals surface area contributed by atoms with Crippen LogP contribution in [0.4, 0.5) is 0 Å². The van der Waals surface area contributed by atoms with Gasteiger partial charge in [-0.05, 0) is 104 Å². The molecule has 0 aromatic heterocycles. The molecular weight excluding hydrogens is 356 g/mol. The second-order valence-electron chi connectivity index (χ2n) is 12.7. The standard InChI is InChI=1S/C27H48O2/c1-17(2)7-6-8-18(3)22-11-12-23-21-10-9-19-15-20(28)13-14-26(19,4)24(21)16-25(29)27(22,23)5/h17-25,28-29H,6-16H2,1-5H3. The van der Waals surface area contributed by atoms with Crippen molar-refractivity contribution in [2.24, 2.45) is 52.3 Å². The minimum absolute atomic E-state index is 0.0778. The summed E-state index contributed by atoms with van der Waals surface area (Å²) in [7, 11) is 0. The second kappa shape index (κ2) is 8.12. The van der Waals surface area contributed by atoms with Crippen LogP contribution in [0.5, 0.6) is 0 Å². The molecule has 0 radical (unpaired) electrons. The van der Waals surface area contributed by atoms with Crippen LogP contribution in [0.15, 0.2) is 0 Å². The van der Waals surface area contributed by atoms with Crippen LogP contribution in [-0.2, 0) is 0 Å². The topological polar surface area (TPSA) is 40.5 Å². The Morgan fingerprint density at radius 2 is 1.62 bits per heavy atom. The molecule has 0 saturated heterocycles. The summed E-state index contributed by atoms with van der Waals surface area (Å²) < 4.78 is 0. The molecular formula is C27H48O2. The van der Waals surface area contributed by atoms with E-state index in [1.54, 1.807) is 0 Å². The van der Waals surface area contributed by atoms with Crippen molar-refractivity contribution in [1.82, 2.24) is 0 Å². The molecule has 0 spiro atoms. The van der Waals surface area contributed by atoms with Gasteiger partial charge in [-0.3, -0.25) is 0 Å². The zero-order chi connectivity index (χ0) is 21.0. The third kappa shape index (κ3) is 3.63.